The number of fused-ring (bicyclic) bond motifs is 1. The topological polar surface area (TPSA) is 52.9 Å². The van der Waals surface area contributed by atoms with Crippen LogP contribution in [0.5, 0.6) is 5.75 Å². The third kappa shape index (κ3) is 3.50. The zero-order chi connectivity index (χ0) is 14.4. The van der Waals surface area contributed by atoms with E-state index in [1.165, 1.54) is 0 Å². The second kappa shape index (κ2) is 7.28. The van der Waals surface area contributed by atoms with Gasteiger partial charge in [-0.05, 0) is 12.1 Å². The number of nitrogens with one attached hydrogen (secondary N) is 1. The van der Waals surface area contributed by atoms with Gasteiger partial charge in [0.15, 0.2) is 11.3 Å². The molecular weight excluding hydrogens is 258 g/mol. The van der Waals surface area contributed by atoms with Gasteiger partial charge in [-0.15, -0.1) is 0 Å². The van der Waals surface area contributed by atoms with Crippen LogP contribution in [0.25, 0.3) is 11.0 Å². The van der Waals surface area contributed by atoms with Crippen molar-refractivity contribution in [2.75, 3.05) is 34.5 Å². The Hall–Kier alpha value is -1.56. The molecule has 1 atom stereocenters. The number of rotatable bonds is 8. The van der Waals surface area contributed by atoms with Crippen molar-refractivity contribution in [2.24, 2.45) is 0 Å². The van der Waals surface area contributed by atoms with Crippen molar-refractivity contribution in [3.8, 4) is 5.75 Å². The van der Waals surface area contributed by atoms with E-state index in [1.807, 2.05) is 24.3 Å². The van der Waals surface area contributed by atoms with Crippen molar-refractivity contribution in [2.45, 2.75) is 12.6 Å². The lowest BCUT2D eigenvalue weighted by molar-refractivity contribution is 0.0286. The van der Waals surface area contributed by atoms with E-state index in [0.29, 0.717) is 19.7 Å². The van der Waals surface area contributed by atoms with E-state index in [-0.39, 0.29) is 6.10 Å². The Morgan fingerprint density at radius 1 is 1.25 bits per heavy atom. The summed E-state index contributed by atoms with van der Waals surface area (Å²) in [5.74, 6) is 1.62. The summed E-state index contributed by atoms with van der Waals surface area (Å²) in [4.78, 5) is 0. The Labute approximate surface area is 118 Å². The van der Waals surface area contributed by atoms with Crippen molar-refractivity contribution >= 4 is 11.0 Å². The molecule has 0 fully saturated rings. The SMILES string of the molecule is COCC(CNCc1cc2cccc(OC)c2o1)OC. The van der Waals surface area contributed by atoms with E-state index in [1.54, 1.807) is 21.3 Å². The third-order valence-electron chi connectivity index (χ3n) is 3.14. The molecule has 5 heteroatoms. The molecule has 0 aliphatic heterocycles. The van der Waals surface area contributed by atoms with Crippen LogP contribution < -0.4 is 10.1 Å². The van der Waals surface area contributed by atoms with Gasteiger partial charge >= 0.3 is 0 Å². The molecule has 5 nitrogen and oxygen atoms in total. The van der Waals surface area contributed by atoms with Crippen molar-refractivity contribution in [1.82, 2.24) is 5.32 Å². The van der Waals surface area contributed by atoms with Crippen LogP contribution in [0.2, 0.25) is 0 Å². The molecule has 0 saturated heterocycles. The van der Waals surface area contributed by atoms with E-state index in [0.717, 1.165) is 22.5 Å². The number of benzene rings is 1. The maximum atomic E-state index is 5.81. The summed E-state index contributed by atoms with van der Waals surface area (Å²) in [7, 11) is 4.98. The van der Waals surface area contributed by atoms with Crippen LogP contribution in [0.4, 0.5) is 0 Å². The maximum absolute atomic E-state index is 5.81. The second-order valence-corrected chi connectivity index (χ2v) is 4.54. The first-order valence-electron chi connectivity index (χ1n) is 6.56. The van der Waals surface area contributed by atoms with Gasteiger partial charge in [0.05, 0.1) is 26.4 Å². The van der Waals surface area contributed by atoms with Crippen molar-refractivity contribution in [3.05, 3.63) is 30.0 Å². The Morgan fingerprint density at radius 2 is 2.10 bits per heavy atom. The first kappa shape index (κ1) is 14.8. The van der Waals surface area contributed by atoms with Crippen LogP contribution in [0.1, 0.15) is 5.76 Å². The zero-order valence-electron chi connectivity index (χ0n) is 12.1. The lowest BCUT2D eigenvalue weighted by Gasteiger charge is -2.14. The summed E-state index contributed by atoms with van der Waals surface area (Å²) in [6.45, 7) is 1.91. The lowest BCUT2D eigenvalue weighted by Crippen LogP contribution is -2.31. The van der Waals surface area contributed by atoms with Crippen LogP contribution in [0.15, 0.2) is 28.7 Å². The summed E-state index contributed by atoms with van der Waals surface area (Å²) in [6.07, 6.45) is 0.0407. The lowest BCUT2D eigenvalue weighted by atomic mass is 10.2. The van der Waals surface area contributed by atoms with Crippen molar-refractivity contribution in [1.29, 1.82) is 0 Å². The molecular formula is C15H21NO4. The van der Waals surface area contributed by atoms with Gasteiger partial charge in [-0.3, -0.25) is 0 Å². The highest BCUT2D eigenvalue weighted by Crippen LogP contribution is 2.28. The van der Waals surface area contributed by atoms with E-state index in [9.17, 15) is 0 Å². The van der Waals surface area contributed by atoms with Gasteiger partial charge in [0.1, 0.15) is 5.76 Å². The van der Waals surface area contributed by atoms with Gasteiger partial charge in [-0.25, -0.2) is 0 Å². The first-order chi connectivity index (χ1) is 9.78. The molecule has 1 N–H and O–H groups in total. The molecule has 1 heterocycles. The van der Waals surface area contributed by atoms with E-state index in [4.69, 9.17) is 18.6 Å². The predicted octanol–water partition coefficient (Wildman–Crippen LogP) is 2.19. The number of hydrogen-bond acceptors (Lipinski definition) is 5. The number of furan rings is 1. The van der Waals surface area contributed by atoms with Crippen LogP contribution >= 0.6 is 0 Å². The number of hydrogen-bond donors (Lipinski definition) is 1. The number of methoxy groups -OCH3 is 3. The maximum Gasteiger partial charge on any atom is 0.176 e. The third-order valence-corrected chi connectivity index (χ3v) is 3.14. The monoisotopic (exact) mass is 279 g/mol. The quantitative estimate of drug-likeness (QED) is 0.802. The molecule has 0 spiro atoms. The minimum atomic E-state index is 0.0407. The highest BCUT2D eigenvalue weighted by Gasteiger charge is 2.10. The number of ether oxygens (including phenoxy) is 3. The van der Waals surface area contributed by atoms with Gasteiger partial charge in [0.25, 0.3) is 0 Å². The van der Waals surface area contributed by atoms with Gasteiger partial charge in [0.2, 0.25) is 0 Å². The molecule has 0 saturated carbocycles. The fraction of sp³-hybridized carbons (Fsp3) is 0.467. The molecule has 0 aliphatic rings. The summed E-state index contributed by atoms with van der Waals surface area (Å²) >= 11 is 0. The Bertz CT molecular complexity index is 538. The molecule has 0 bridgehead atoms. The van der Waals surface area contributed by atoms with E-state index >= 15 is 0 Å². The molecule has 1 aromatic heterocycles. The summed E-state index contributed by atoms with van der Waals surface area (Å²) < 4.78 is 21.4. The van der Waals surface area contributed by atoms with Crippen LogP contribution in [-0.2, 0) is 16.0 Å². The molecule has 20 heavy (non-hydrogen) atoms. The number of para-hydroxylation sites is 1. The highest BCUT2D eigenvalue weighted by atomic mass is 16.5. The minimum absolute atomic E-state index is 0.0407. The molecule has 0 amide bonds. The van der Waals surface area contributed by atoms with Crippen LogP contribution in [-0.4, -0.2) is 40.6 Å². The fourth-order valence-electron chi connectivity index (χ4n) is 2.09. The van der Waals surface area contributed by atoms with Gasteiger partial charge < -0.3 is 23.9 Å². The molecule has 2 aromatic rings. The normalized spacial score (nSPS) is 12.8. The Kier molecular flexibility index (Phi) is 5.40. The van der Waals surface area contributed by atoms with Crippen molar-refractivity contribution < 1.29 is 18.6 Å². The minimum Gasteiger partial charge on any atom is -0.493 e. The predicted molar refractivity (Wildman–Crippen MR) is 77.1 cm³/mol. The van der Waals surface area contributed by atoms with Gasteiger partial charge in [-0.2, -0.15) is 0 Å². The molecule has 0 radical (unpaired) electrons. The zero-order valence-corrected chi connectivity index (χ0v) is 12.1. The highest BCUT2D eigenvalue weighted by molar-refractivity contribution is 5.83. The smallest absolute Gasteiger partial charge is 0.176 e. The summed E-state index contributed by atoms with van der Waals surface area (Å²) in [5, 5.41) is 4.34. The average Bonchev–Trinajstić information content (AvgIpc) is 2.88. The molecule has 2 rings (SSSR count). The van der Waals surface area contributed by atoms with Crippen molar-refractivity contribution in [3.63, 3.8) is 0 Å². The molecule has 110 valence electrons. The van der Waals surface area contributed by atoms with E-state index in [2.05, 4.69) is 5.32 Å². The molecule has 0 aliphatic carbocycles. The largest absolute Gasteiger partial charge is 0.493 e. The van der Waals surface area contributed by atoms with Crippen LogP contribution in [0, 0.1) is 0 Å². The summed E-state index contributed by atoms with van der Waals surface area (Å²) in [6, 6.07) is 7.87. The average molecular weight is 279 g/mol. The Morgan fingerprint density at radius 3 is 2.80 bits per heavy atom. The molecule has 1 unspecified atom stereocenters. The van der Waals surface area contributed by atoms with Gasteiger partial charge in [-0.1, -0.05) is 12.1 Å². The van der Waals surface area contributed by atoms with Gasteiger partial charge in [0, 0.05) is 26.2 Å². The standard InChI is InChI=1S/C15H21NO4/c1-17-10-13(18-2)9-16-8-12-7-11-5-4-6-14(19-3)15(11)20-12/h4-7,13,16H,8-10H2,1-3H3. The van der Waals surface area contributed by atoms with Crippen LogP contribution in [0.3, 0.4) is 0 Å². The Balaban J connectivity index is 1.96. The fourth-order valence-corrected chi connectivity index (χ4v) is 2.09. The molecule has 1 aromatic carbocycles. The summed E-state index contributed by atoms with van der Waals surface area (Å²) in [5.41, 5.74) is 0.784. The van der Waals surface area contributed by atoms with E-state index < -0.39 is 0 Å². The second-order valence-electron chi connectivity index (χ2n) is 4.54. The first-order valence-corrected chi connectivity index (χ1v) is 6.56.